The normalized spacial score (nSPS) is 10.7. The summed E-state index contributed by atoms with van der Waals surface area (Å²) in [7, 11) is 0. The number of nitrogens with zero attached hydrogens (tertiary/aromatic N) is 3. The van der Waals surface area contributed by atoms with Gasteiger partial charge in [0.15, 0.2) is 0 Å². The summed E-state index contributed by atoms with van der Waals surface area (Å²) in [6.45, 7) is 6.01. The molecule has 6 nitrogen and oxygen atoms in total. The lowest BCUT2D eigenvalue weighted by Crippen LogP contribution is -2.32. The number of nitrogens with one attached hydrogen (secondary N) is 1. The highest BCUT2D eigenvalue weighted by Crippen LogP contribution is 2.24. The lowest BCUT2D eigenvalue weighted by atomic mass is 10.1. The monoisotopic (exact) mass is 367 g/mol. The van der Waals surface area contributed by atoms with Crippen LogP contribution in [-0.2, 0) is 5.75 Å². The first-order chi connectivity index (χ1) is 12.5. The summed E-state index contributed by atoms with van der Waals surface area (Å²) in [5.74, 6) is 6.72. The van der Waals surface area contributed by atoms with Gasteiger partial charge in [0, 0.05) is 11.4 Å². The topological polar surface area (TPSA) is 85.8 Å². The van der Waals surface area contributed by atoms with Crippen LogP contribution < -0.4 is 16.7 Å². The van der Waals surface area contributed by atoms with Crippen LogP contribution in [0.5, 0.6) is 0 Å². The van der Waals surface area contributed by atoms with Gasteiger partial charge >= 0.3 is 5.56 Å². The Hall–Kier alpha value is -2.80. The van der Waals surface area contributed by atoms with E-state index in [-0.39, 0.29) is 5.82 Å². The average molecular weight is 367 g/mol. The molecule has 0 amide bonds. The molecule has 0 radical (unpaired) electrons. The van der Waals surface area contributed by atoms with Gasteiger partial charge in [0.05, 0.1) is 0 Å². The van der Waals surface area contributed by atoms with Gasteiger partial charge in [0.25, 0.3) is 0 Å². The zero-order valence-corrected chi connectivity index (χ0v) is 15.8. The number of nitrogens with two attached hydrogens (primary N) is 1. The zero-order chi connectivity index (χ0) is 18.7. The molecule has 0 saturated carbocycles. The summed E-state index contributed by atoms with van der Waals surface area (Å²) in [6.07, 6.45) is 0. The highest BCUT2D eigenvalue weighted by atomic mass is 32.2. The van der Waals surface area contributed by atoms with Crippen LogP contribution in [0, 0.1) is 20.8 Å². The van der Waals surface area contributed by atoms with E-state index in [9.17, 15) is 4.79 Å². The van der Waals surface area contributed by atoms with E-state index >= 15 is 0 Å². The fourth-order valence-corrected chi connectivity index (χ4v) is 3.59. The molecule has 2 aromatic carbocycles. The van der Waals surface area contributed by atoms with E-state index in [1.54, 1.807) is 0 Å². The molecular formula is C19H21N5OS. The van der Waals surface area contributed by atoms with Gasteiger partial charge in [-0.25, -0.2) is 0 Å². The maximum absolute atomic E-state index is 12.6. The van der Waals surface area contributed by atoms with E-state index in [4.69, 9.17) is 5.84 Å². The van der Waals surface area contributed by atoms with Crippen molar-refractivity contribution in [3.8, 4) is 0 Å². The third-order valence-corrected chi connectivity index (χ3v) is 5.01. The van der Waals surface area contributed by atoms with Crippen LogP contribution in [0.4, 0.5) is 11.5 Å². The molecule has 1 heterocycles. The Kier molecular flexibility index (Phi) is 5.27. The third-order valence-electron chi connectivity index (χ3n) is 3.99. The molecule has 7 heteroatoms. The van der Waals surface area contributed by atoms with Gasteiger partial charge in [0.1, 0.15) is 0 Å². The maximum Gasteiger partial charge on any atom is 0.315 e. The fourth-order valence-electron chi connectivity index (χ4n) is 2.78. The molecule has 0 aliphatic heterocycles. The Morgan fingerprint density at radius 3 is 2.38 bits per heavy atom. The lowest BCUT2D eigenvalue weighted by molar-refractivity contribution is 0.704. The van der Waals surface area contributed by atoms with Gasteiger partial charge in [0.2, 0.25) is 11.0 Å². The fraction of sp³-hybridized carbons (Fsp3) is 0.211. The number of rotatable bonds is 5. The molecule has 0 saturated heterocycles. The van der Waals surface area contributed by atoms with Gasteiger partial charge in [-0.1, -0.05) is 59.8 Å². The van der Waals surface area contributed by atoms with Crippen molar-refractivity contribution >= 4 is 23.3 Å². The van der Waals surface area contributed by atoms with Gasteiger partial charge in [-0.2, -0.15) is 4.68 Å². The number of nitrogen functional groups attached to an aromatic ring is 1. The van der Waals surface area contributed by atoms with Gasteiger partial charge in [-0.15, -0.1) is 10.2 Å². The maximum atomic E-state index is 12.6. The van der Waals surface area contributed by atoms with Gasteiger partial charge in [-0.05, 0) is 37.5 Å². The summed E-state index contributed by atoms with van der Waals surface area (Å²) >= 11 is 1.37. The zero-order valence-electron chi connectivity index (χ0n) is 15.0. The van der Waals surface area contributed by atoms with Crippen LogP contribution in [-0.4, -0.2) is 14.9 Å². The lowest BCUT2D eigenvalue weighted by Gasteiger charge is -2.13. The van der Waals surface area contributed by atoms with Crippen molar-refractivity contribution in [2.75, 3.05) is 11.2 Å². The molecule has 3 rings (SSSR count). The predicted octanol–water partition coefficient (Wildman–Crippen LogP) is 3.31. The number of thioether (sulfide) groups is 1. The SMILES string of the molecule is Cc1cc(C)c(Nc2nnc(SCc3ccccc3)n(N)c2=O)c(C)c1. The summed E-state index contributed by atoms with van der Waals surface area (Å²) < 4.78 is 1.04. The van der Waals surface area contributed by atoms with Crippen molar-refractivity contribution in [1.82, 2.24) is 14.9 Å². The highest BCUT2D eigenvalue weighted by molar-refractivity contribution is 7.98. The van der Waals surface area contributed by atoms with E-state index < -0.39 is 5.56 Å². The van der Waals surface area contributed by atoms with Crippen LogP contribution in [0.25, 0.3) is 0 Å². The number of hydrogen-bond acceptors (Lipinski definition) is 6. The summed E-state index contributed by atoms with van der Waals surface area (Å²) in [4.78, 5) is 12.6. The third kappa shape index (κ3) is 3.88. The quantitative estimate of drug-likeness (QED) is 0.531. The first-order valence-electron chi connectivity index (χ1n) is 8.22. The Morgan fingerprint density at radius 1 is 1.08 bits per heavy atom. The molecule has 0 spiro atoms. The second-order valence-corrected chi connectivity index (χ2v) is 7.12. The molecule has 26 heavy (non-hydrogen) atoms. The second kappa shape index (κ2) is 7.61. The summed E-state index contributed by atoms with van der Waals surface area (Å²) in [5, 5.41) is 11.6. The van der Waals surface area contributed by atoms with Crippen molar-refractivity contribution in [3.05, 3.63) is 75.1 Å². The van der Waals surface area contributed by atoms with Gasteiger partial charge in [-0.3, -0.25) is 4.79 Å². The first-order valence-corrected chi connectivity index (χ1v) is 9.20. The van der Waals surface area contributed by atoms with Crippen molar-refractivity contribution < 1.29 is 0 Å². The van der Waals surface area contributed by atoms with Gasteiger partial charge < -0.3 is 11.2 Å². The predicted molar refractivity (Wildman–Crippen MR) is 106 cm³/mol. The largest absolute Gasteiger partial charge is 0.334 e. The van der Waals surface area contributed by atoms with Crippen LogP contribution in [0.2, 0.25) is 0 Å². The van der Waals surface area contributed by atoms with Crippen molar-refractivity contribution in [1.29, 1.82) is 0 Å². The van der Waals surface area contributed by atoms with E-state index in [0.29, 0.717) is 10.9 Å². The van der Waals surface area contributed by atoms with Crippen LogP contribution in [0.15, 0.2) is 52.4 Å². The Morgan fingerprint density at radius 2 is 1.73 bits per heavy atom. The minimum absolute atomic E-state index is 0.117. The van der Waals surface area contributed by atoms with E-state index in [1.165, 1.54) is 17.3 Å². The average Bonchev–Trinajstić information content (AvgIpc) is 2.61. The first kappa shape index (κ1) is 18.0. The molecular weight excluding hydrogens is 346 g/mol. The summed E-state index contributed by atoms with van der Waals surface area (Å²) in [6, 6.07) is 14.0. The molecule has 0 fully saturated rings. The van der Waals surface area contributed by atoms with Crippen LogP contribution >= 0.6 is 11.8 Å². The van der Waals surface area contributed by atoms with Crippen molar-refractivity contribution in [3.63, 3.8) is 0 Å². The highest BCUT2D eigenvalue weighted by Gasteiger charge is 2.13. The number of benzene rings is 2. The Bertz CT molecular complexity index is 962. The molecule has 3 aromatic rings. The number of hydrogen-bond donors (Lipinski definition) is 2. The van der Waals surface area contributed by atoms with E-state index in [1.807, 2.05) is 63.2 Å². The number of aryl methyl sites for hydroxylation is 3. The second-order valence-electron chi connectivity index (χ2n) is 6.18. The molecule has 0 unspecified atom stereocenters. The van der Waals surface area contributed by atoms with Crippen molar-refractivity contribution in [2.24, 2.45) is 0 Å². The minimum atomic E-state index is -0.407. The molecule has 0 bridgehead atoms. The molecule has 0 aliphatic rings. The Balaban J connectivity index is 1.83. The van der Waals surface area contributed by atoms with Crippen molar-refractivity contribution in [2.45, 2.75) is 31.7 Å². The number of anilines is 2. The number of aromatic nitrogens is 3. The smallest absolute Gasteiger partial charge is 0.315 e. The van der Waals surface area contributed by atoms with E-state index in [0.717, 1.165) is 27.1 Å². The molecule has 1 aromatic heterocycles. The molecule has 3 N–H and O–H groups in total. The van der Waals surface area contributed by atoms with Crippen LogP contribution in [0.1, 0.15) is 22.3 Å². The van der Waals surface area contributed by atoms with Crippen LogP contribution in [0.3, 0.4) is 0 Å². The summed E-state index contributed by atoms with van der Waals surface area (Å²) in [5.41, 5.74) is 4.81. The van der Waals surface area contributed by atoms with E-state index in [2.05, 4.69) is 15.5 Å². The molecule has 134 valence electrons. The molecule has 0 aliphatic carbocycles. The minimum Gasteiger partial charge on any atom is -0.334 e. The molecule has 0 atom stereocenters. The standard InChI is InChI=1S/C19H21N5OS/c1-12-9-13(2)16(14(3)10-12)21-17-18(25)24(20)19(23-22-17)26-11-15-7-5-4-6-8-15/h4-10H,11,20H2,1-3H3,(H,21,22). The Labute approximate surface area is 156 Å².